The van der Waals surface area contributed by atoms with E-state index < -0.39 is 0 Å². The van der Waals surface area contributed by atoms with Crippen molar-refractivity contribution in [1.29, 1.82) is 0 Å². The monoisotopic (exact) mass is 1580 g/mol. The molecular weight excluding hydrogens is 1500 g/mol. The summed E-state index contributed by atoms with van der Waals surface area (Å²) in [5.41, 5.74) is 40.2. The van der Waals surface area contributed by atoms with Gasteiger partial charge >= 0.3 is 0 Å². The summed E-state index contributed by atoms with van der Waals surface area (Å²) in [6.45, 7) is 14.0. The van der Waals surface area contributed by atoms with E-state index in [1.165, 1.54) is 171 Å². The maximum atomic E-state index is 6.29. The zero-order chi connectivity index (χ0) is 81.9. The molecule has 0 N–H and O–H groups in total. The predicted octanol–water partition coefficient (Wildman–Crippen LogP) is 32.0. The average molecular weight is 1580 g/mol. The largest absolute Gasteiger partial charge is 0.456 e. The summed E-state index contributed by atoms with van der Waals surface area (Å²) in [5.74, 6) is 0. The van der Waals surface area contributed by atoms with E-state index in [9.17, 15) is 0 Å². The summed E-state index contributed by atoms with van der Waals surface area (Å²) in [6.07, 6.45) is 0. The smallest absolute Gasteiger partial charge is 0.137 e. The van der Waals surface area contributed by atoms with Crippen molar-refractivity contribution in [3.8, 4) is 83.8 Å². The number of benzene rings is 18. The second-order valence-corrected chi connectivity index (χ2v) is 35.3. The van der Waals surface area contributed by atoms with E-state index >= 15 is 0 Å². The summed E-state index contributed by atoms with van der Waals surface area (Å²) in [5, 5.41) is 14.4. The summed E-state index contributed by atoms with van der Waals surface area (Å²) in [7, 11) is 0. The highest BCUT2D eigenvalue weighted by molar-refractivity contribution is 6.28. The van der Waals surface area contributed by atoms with Gasteiger partial charge in [0.15, 0.2) is 0 Å². The van der Waals surface area contributed by atoms with Crippen LogP contribution in [0.15, 0.2) is 395 Å². The molecule has 6 nitrogen and oxygen atoms in total. The molecule has 27 rings (SSSR count). The van der Waals surface area contributed by atoms with E-state index in [1.807, 2.05) is 24.3 Å². The van der Waals surface area contributed by atoms with Gasteiger partial charge in [0, 0.05) is 98.6 Å². The van der Waals surface area contributed by atoms with Crippen LogP contribution in [0.5, 0.6) is 0 Å². The summed E-state index contributed by atoms with van der Waals surface area (Å²) < 4.78 is 26.0. The van der Waals surface area contributed by atoms with E-state index in [4.69, 9.17) is 13.3 Å². The zero-order valence-electron chi connectivity index (χ0n) is 68.9. The van der Waals surface area contributed by atoms with E-state index in [2.05, 4.69) is 413 Å². The molecule has 3 aliphatic carbocycles. The van der Waals surface area contributed by atoms with Gasteiger partial charge in [-0.2, -0.15) is 0 Å². The van der Waals surface area contributed by atoms with Crippen LogP contribution in [-0.4, -0.2) is 13.7 Å². The molecule has 123 heavy (non-hydrogen) atoms. The van der Waals surface area contributed by atoms with Crippen LogP contribution in [0.2, 0.25) is 0 Å². The molecule has 0 saturated carbocycles. The normalized spacial score (nSPS) is 13.8. The molecule has 0 amide bonds. The fraction of sp³-hybridized carbons (Fsp3) is 0.0769. The van der Waals surface area contributed by atoms with E-state index in [0.717, 1.165) is 77.6 Å². The zero-order valence-corrected chi connectivity index (χ0v) is 68.9. The number of hydrogen-bond donors (Lipinski definition) is 0. The van der Waals surface area contributed by atoms with Crippen LogP contribution in [0.1, 0.15) is 74.9 Å². The van der Waals surface area contributed by atoms with Crippen molar-refractivity contribution in [1.82, 2.24) is 13.7 Å². The number of hydrogen-bond acceptors (Lipinski definition) is 3. The van der Waals surface area contributed by atoms with Crippen molar-refractivity contribution in [3.63, 3.8) is 0 Å². The van der Waals surface area contributed by atoms with Crippen LogP contribution in [-0.2, 0) is 16.2 Å². The van der Waals surface area contributed by atoms with Gasteiger partial charge in [-0.15, -0.1) is 0 Å². The molecule has 24 aromatic rings. The van der Waals surface area contributed by atoms with Crippen molar-refractivity contribution in [3.05, 3.63) is 416 Å². The highest BCUT2D eigenvalue weighted by Crippen LogP contribution is 2.55. The van der Waals surface area contributed by atoms with Crippen LogP contribution in [0.25, 0.3) is 215 Å². The van der Waals surface area contributed by atoms with Gasteiger partial charge in [-0.05, 0) is 215 Å². The fourth-order valence-electron chi connectivity index (χ4n) is 21.8. The molecule has 6 aromatic heterocycles. The molecule has 3 aliphatic rings. The highest BCUT2D eigenvalue weighted by atomic mass is 16.3. The van der Waals surface area contributed by atoms with Crippen LogP contribution in [0, 0.1) is 0 Å². The molecule has 0 bridgehead atoms. The van der Waals surface area contributed by atoms with Crippen molar-refractivity contribution in [2.45, 2.75) is 57.8 Å². The molecular formula is C117H81N3O3. The molecule has 6 heteroatoms. The van der Waals surface area contributed by atoms with E-state index in [0.29, 0.717) is 0 Å². The predicted molar refractivity (Wildman–Crippen MR) is 513 cm³/mol. The molecule has 582 valence electrons. The minimum absolute atomic E-state index is 0.0213. The van der Waals surface area contributed by atoms with E-state index in [-0.39, 0.29) is 16.2 Å². The quantitative estimate of drug-likeness (QED) is 0.167. The topological polar surface area (TPSA) is 54.2 Å². The lowest BCUT2D eigenvalue weighted by Crippen LogP contribution is -2.16. The van der Waals surface area contributed by atoms with Gasteiger partial charge < -0.3 is 27.0 Å². The first-order valence-corrected chi connectivity index (χ1v) is 42.8. The minimum Gasteiger partial charge on any atom is -0.456 e. The average Bonchev–Trinajstić information content (AvgIpc) is 1.56. The van der Waals surface area contributed by atoms with Crippen molar-refractivity contribution in [2.24, 2.45) is 0 Å². The van der Waals surface area contributed by atoms with Crippen molar-refractivity contribution in [2.75, 3.05) is 0 Å². The number of nitrogens with zero attached hydrogens (tertiary/aromatic N) is 3. The van der Waals surface area contributed by atoms with Gasteiger partial charge in [0.2, 0.25) is 0 Å². The number of rotatable bonds is 6. The van der Waals surface area contributed by atoms with Gasteiger partial charge in [0.1, 0.15) is 33.5 Å². The van der Waals surface area contributed by atoms with Gasteiger partial charge in [-0.1, -0.05) is 302 Å². The van der Waals surface area contributed by atoms with Gasteiger partial charge in [-0.25, -0.2) is 0 Å². The van der Waals surface area contributed by atoms with Gasteiger partial charge in [-0.3, -0.25) is 0 Å². The lowest BCUT2D eigenvalue weighted by atomic mass is 9.79. The third-order valence-corrected chi connectivity index (χ3v) is 27.6. The van der Waals surface area contributed by atoms with Gasteiger partial charge in [0.05, 0.1) is 38.5 Å². The number of para-hydroxylation sites is 6. The summed E-state index contributed by atoms with van der Waals surface area (Å²) in [4.78, 5) is 0. The third-order valence-electron chi connectivity index (χ3n) is 27.6. The van der Waals surface area contributed by atoms with E-state index in [1.54, 1.807) is 0 Å². The van der Waals surface area contributed by atoms with Crippen LogP contribution < -0.4 is 0 Å². The molecule has 6 heterocycles. The Morgan fingerprint density at radius 3 is 1.16 bits per heavy atom. The molecule has 0 saturated heterocycles. The Morgan fingerprint density at radius 2 is 0.577 bits per heavy atom. The Kier molecular flexibility index (Phi) is 15.2. The first kappa shape index (κ1) is 70.7. The molecule has 0 radical (unpaired) electrons. The second-order valence-electron chi connectivity index (χ2n) is 35.3. The number of aromatic nitrogens is 3. The first-order valence-electron chi connectivity index (χ1n) is 42.8. The van der Waals surface area contributed by atoms with Crippen LogP contribution in [0.3, 0.4) is 0 Å². The highest BCUT2D eigenvalue weighted by Gasteiger charge is 2.39. The van der Waals surface area contributed by atoms with Crippen LogP contribution >= 0.6 is 0 Å². The SMILES string of the molecule is CC1(C)c2ccccc2-c2cc(-c3ccc(-n4c5ccccc5c5cc6c(cc54)oc4ccccc46)cc3)ccc21.CC1(C)c2ccccc2-c2cc(-c3ccc(-n4c5ccccc5c5ccc6oc7ccccc7c6c54)cc3)ccc21.CC1(C)c2ccccc2-c2cccc(-c3ccc(-n4c5ccccc5c5c6c(ccc54)oc4ccccc46)cc3)c21. The van der Waals surface area contributed by atoms with Gasteiger partial charge in [0.25, 0.3) is 0 Å². The molecule has 0 atom stereocenters. The maximum absolute atomic E-state index is 6.29. The third kappa shape index (κ3) is 10.4. The minimum atomic E-state index is -0.0488. The second kappa shape index (κ2) is 26.4. The molecule has 18 aromatic carbocycles. The lowest BCUT2D eigenvalue weighted by molar-refractivity contribution is 0.660. The standard InChI is InChI=1S/3C39H27NO/c1-39(2)31-15-6-3-10-27(31)28-14-9-13-26(38(28)39)24-18-20-25(21-19-24)40-32-16-7-4-11-29(32)36-33(40)22-23-35-37(36)30-12-5-8-17-34(30)41-35;1-39(2)32-12-6-3-9-27(32)31-23-25(17-21-33(31)39)24-15-18-26(19-16-24)40-34-13-7-4-10-28(34)29-20-22-36-37(38(29)40)30-11-5-8-14-35(30)41-36;1-39(2)33-12-6-3-9-27(33)30-21-25(17-20-34(30)39)24-15-18-26(19-16-24)40-35-13-7-4-10-28(35)31-22-32-29-11-5-8-14-37(29)41-38(32)23-36(31)40/h3*3-23H,1-2H3. The summed E-state index contributed by atoms with van der Waals surface area (Å²) in [6, 6.07) is 139. The Bertz CT molecular complexity index is 8570. The van der Waals surface area contributed by atoms with Crippen molar-refractivity contribution < 1.29 is 13.3 Å². The molecule has 0 unspecified atom stereocenters. The maximum Gasteiger partial charge on any atom is 0.137 e. The molecule has 0 spiro atoms. The Balaban J connectivity index is 0.000000101. The first-order chi connectivity index (χ1) is 60.3. The Morgan fingerprint density at radius 1 is 0.187 bits per heavy atom. The van der Waals surface area contributed by atoms with Crippen molar-refractivity contribution >= 4 is 131 Å². The van der Waals surface area contributed by atoms with Crippen LogP contribution in [0.4, 0.5) is 0 Å². The number of fused-ring (bicyclic) bond motifs is 29. The Hall–Kier alpha value is -15.2. The molecule has 0 fully saturated rings. The Labute approximate surface area is 710 Å². The summed E-state index contributed by atoms with van der Waals surface area (Å²) >= 11 is 0. The fourth-order valence-corrected chi connectivity index (χ4v) is 21.8. The number of furan rings is 3. The molecule has 0 aliphatic heterocycles. The lowest BCUT2D eigenvalue weighted by Gasteiger charge is -2.24.